The van der Waals surface area contributed by atoms with Gasteiger partial charge in [0.05, 0.1) is 17.9 Å². The summed E-state index contributed by atoms with van der Waals surface area (Å²) in [5.41, 5.74) is 0.990. The average Bonchev–Trinajstić information content (AvgIpc) is 2.98. The molecule has 1 aromatic heterocycles. The molecule has 1 N–H and O–H groups in total. The number of hydrogen-bond donors (Lipinski definition) is 1. The fraction of sp³-hybridized carbons (Fsp3) is 0.353. The zero-order valence-corrected chi connectivity index (χ0v) is 13.7. The lowest BCUT2D eigenvalue weighted by Crippen LogP contribution is -2.20. The van der Waals surface area contributed by atoms with Crippen molar-refractivity contribution in [3.8, 4) is 5.75 Å². The molecule has 0 bridgehead atoms. The van der Waals surface area contributed by atoms with Crippen molar-refractivity contribution in [2.24, 2.45) is 0 Å². The Morgan fingerprint density at radius 3 is 2.62 bits per heavy atom. The van der Waals surface area contributed by atoms with Gasteiger partial charge in [-0.25, -0.2) is 4.79 Å². The van der Waals surface area contributed by atoms with Gasteiger partial charge in [0.2, 0.25) is 5.88 Å². The van der Waals surface area contributed by atoms with Gasteiger partial charge >= 0.3 is 5.97 Å². The van der Waals surface area contributed by atoms with Crippen molar-refractivity contribution in [1.29, 1.82) is 0 Å². The van der Waals surface area contributed by atoms with Crippen molar-refractivity contribution in [3.63, 3.8) is 0 Å². The Kier molecular flexibility index (Phi) is 6.36. The molecule has 2 aromatic rings. The molecule has 2 rings (SSSR count). The number of aryl methyl sites for hydroxylation is 1. The van der Waals surface area contributed by atoms with Crippen LogP contribution in [0.2, 0.25) is 0 Å². The number of carbonyl (C=O) groups excluding carboxylic acids is 2. The average molecular weight is 332 g/mol. The van der Waals surface area contributed by atoms with Crippen LogP contribution in [-0.2, 0) is 9.53 Å². The second-order valence-corrected chi connectivity index (χ2v) is 5.18. The molecule has 1 amide bonds. The van der Waals surface area contributed by atoms with E-state index in [-0.39, 0.29) is 5.88 Å². The summed E-state index contributed by atoms with van der Waals surface area (Å²) >= 11 is 0. The fourth-order valence-corrected chi connectivity index (χ4v) is 1.83. The zero-order chi connectivity index (χ0) is 17.4. The Labute approximate surface area is 139 Å². The smallest absolute Gasteiger partial charge is 0.338 e. The lowest BCUT2D eigenvalue weighted by Gasteiger charge is -2.07. The quantitative estimate of drug-likeness (QED) is 0.590. The Bertz CT molecular complexity index is 679. The highest BCUT2D eigenvalue weighted by Crippen LogP contribution is 2.13. The van der Waals surface area contributed by atoms with Crippen molar-refractivity contribution in [1.82, 2.24) is 5.16 Å². The van der Waals surface area contributed by atoms with Crippen LogP contribution in [0.3, 0.4) is 0 Å². The summed E-state index contributed by atoms with van der Waals surface area (Å²) < 4.78 is 15.3. The SMILES string of the molecule is CCCCOc1ccc(C(=O)OCC(=O)Nc2cc(C)no2)cc1. The van der Waals surface area contributed by atoms with Crippen LogP contribution in [0.15, 0.2) is 34.9 Å². The summed E-state index contributed by atoms with van der Waals surface area (Å²) in [5.74, 6) is -0.182. The number of esters is 1. The molecule has 0 fully saturated rings. The van der Waals surface area contributed by atoms with Crippen LogP contribution < -0.4 is 10.1 Å². The number of carbonyl (C=O) groups is 2. The maximum atomic E-state index is 11.9. The number of aromatic nitrogens is 1. The van der Waals surface area contributed by atoms with E-state index in [4.69, 9.17) is 14.0 Å². The Balaban J connectivity index is 1.78. The standard InChI is InChI=1S/C17H20N2O5/c1-3-4-9-22-14-7-5-13(6-8-14)17(21)23-11-15(20)18-16-10-12(2)19-24-16/h5-8,10H,3-4,9,11H2,1-2H3,(H,18,20). The number of unbranched alkanes of at least 4 members (excludes halogenated alkanes) is 1. The van der Waals surface area contributed by atoms with Crippen LogP contribution in [0, 0.1) is 6.92 Å². The van der Waals surface area contributed by atoms with E-state index in [0.29, 0.717) is 23.6 Å². The minimum absolute atomic E-state index is 0.210. The first-order valence-electron chi connectivity index (χ1n) is 7.71. The molecule has 24 heavy (non-hydrogen) atoms. The molecule has 0 atom stereocenters. The number of rotatable bonds is 8. The highest BCUT2D eigenvalue weighted by molar-refractivity contribution is 5.94. The normalized spacial score (nSPS) is 10.2. The monoisotopic (exact) mass is 332 g/mol. The van der Waals surface area contributed by atoms with Crippen LogP contribution in [0.5, 0.6) is 5.75 Å². The molecule has 0 saturated carbocycles. The van der Waals surface area contributed by atoms with Crippen molar-refractivity contribution < 1.29 is 23.6 Å². The lowest BCUT2D eigenvalue weighted by molar-refractivity contribution is -0.119. The third-order valence-corrected chi connectivity index (χ3v) is 3.08. The van der Waals surface area contributed by atoms with E-state index in [0.717, 1.165) is 12.8 Å². The second kappa shape index (κ2) is 8.71. The highest BCUT2D eigenvalue weighted by Gasteiger charge is 2.12. The number of nitrogens with one attached hydrogen (secondary N) is 1. The fourth-order valence-electron chi connectivity index (χ4n) is 1.83. The molecule has 7 heteroatoms. The molecule has 1 aromatic carbocycles. The molecule has 0 spiro atoms. The van der Waals surface area contributed by atoms with Crippen LogP contribution >= 0.6 is 0 Å². The molecule has 0 aliphatic rings. The summed E-state index contributed by atoms with van der Waals surface area (Å²) in [6, 6.07) is 8.16. The topological polar surface area (TPSA) is 90.7 Å². The van der Waals surface area contributed by atoms with E-state index >= 15 is 0 Å². The minimum Gasteiger partial charge on any atom is -0.494 e. The number of ether oxygens (including phenoxy) is 2. The molecular weight excluding hydrogens is 312 g/mol. The second-order valence-electron chi connectivity index (χ2n) is 5.18. The maximum absolute atomic E-state index is 11.9. The van der Waals surface area contributed by atoms with E-state index in [2.05, 4.69) is 17.4 Å². The molecule has 0 saturated heterocycles. The van der Waals surface area contributed by atoms with Crippen LogP contribution in [0.25, 0.3) is 0 Å². The van der Waals surface area contributed by atoms with Gasteiger partial charge in [0, 0.05) is 6.07 Å². The van der Waals surface area contributed by atoms with Crippen molar-refractivity contribution in [2.75, 3.05) is 18.5 Å². The predicted molar refractivity (Wildman–Crippen MR) is 87.0 cm³/mol. The summed E-state index contributed by atoms with van der Waals surface area (Å²) in [6.07, 6.45) is 2.03. The van der Waals surface area contributed by atoms with Crippen LogP contribution in [0.4, 0.5) is 5.88 Å². The van der Waals surface area contributed by atoms with Gasteiger partial charge < -0.3 is 14.0 Å². The van der Waals surface area contributed by atoms with E-state index in [1.165, 1.54) is 0 Å². The predicted octanol–water partition coefficient (Wildman–Crippen LogP) is 2.96. The van der Waals surface area contributed by atoms with Crippen LogP contribution in [0.1, 0.15) is 35.8 Å². The van der Waals surface area contributed by atoms with E-state index in [9.17, 15) is 9.59 Å². The third kappa shape index (κ3) is 5.42. The number of benzene rings is 1. The molecule has 0 aliphatic heterocycles. The van der Waals surface area contributed by atoms with E-state index in [1.807, 2.05) is 0 Å². The number of hydrogen-bond acceptors (Lipinski definition) is 6. The first kappa shape index (κ1) is 17.5. The third-order valence-electron chi connectivity index (χ3n) is 3.08. The van der Waals surface area contributed by atoms with Gasteiger partial charge in [-0.1, -0.05) is 18.5 Å². The number of nitrogens with zero attached hydrogens (tertiary/aromatic N) is 1. The van der Waals surface area contributed by atoms with Crippen molar-refractivity contribution in [2.45, 2.75) is 26.7 Å². The molecule has 0 unspecified atom stereocenters. The largest absolute Gasteiger partial charge is 0.494 e. The van der Waals surface area contributed by atoms with Gasteiger partial charge in [-0.05, 0) is 37.6 Å². The lowest BCUT2D eigenvalue weighted by atomic mass is 10.2. The van der Waals surface area contributed by atoms with Crippen molar-refractivity contribution in [3.05, 3.63) is 41.6 Å². The van der Waals surface area contributed by atoms with E-state index < -0.39 is 18.5 Å². The molecular formula is C17H20N2O5. The molecule has 1 heterocycles. The summed E-state index contributed by atoms with van der Waals surface area (Å²) in [6.45, 7) is 4.05. The first-order valence-corrected chi connectivity index (χ1v) is 7.71. The first-order chi connectivity index (χ1) is 11.6. The zero-order valence-electron chi connectivity index (χ0n) is 13.7. The number of anilines is 1. The maximum Gasteiger partial charge on any atom is 0.338 e. The molecule has 0 radical (unpaired) electrons. The minimum atomic E-state index is -0.584. The van der Waals surface area contributed by atoms with Gasteiger partial charge in [-0.15, -0.1) is 0 Å². The van der Waals surface area contributed by atoms with Crippen molar-refractivity contribution >= 4 is 17.8 Å². The van der Waals surface area contributed by atoms with Crippen LogP contribution in [-0.4, -0.2) is 30.2 Å². The summed E-state index contributed by atoms with van der Waals surface area (Å²) in [5, 5.41) is 6.08. The van der Waals surface area contributed by atoms with Gasteiger partial charge in [-0.3, -0.25) is 10.1 Å². The summed E-state index contributed by atoms with van der Waals surface area (Å²) in [7, 11) is 0. The molecule has 0 aliphatic carbocycles. The van der Waals surface area contributed by atoms with Gasteiger partial charge in [0.25, 0.3) is 5.91 Å². The van der Waals surface area contributed by atoms with Gasteiger partial charge in [-0.2, -0.15) is 0 Å². The van der Waals surface area contributed by atoms with E-state index in [1.54, 1.807) is 37.3 Å². The van der Waals surface area contributed by atoms with Gasteiger partial charge in [0.15, 0.2) is 6.61 Å². The Hall–Kier alpha value is -2.83. The highest BCUT2D eigenvalue weighted by atomic mass is 16.5. The Morgan fingerprint density at radius 2 is 2.00 bits per heavy atom. The van der Waals surface area contributed by atoms with Gasteiger partial charge in [0.1, 0.15) is 5.75 Å². The summed E-state index contributed by atoms with van der Waals surface area (Å²) in [4.78, 5) is 23.6. The number of amides is 1. The molecule has 128 valence electrons. The Morgan fingerprint density at radius 1 is 1.25 bits per heavy atom. The molecule has 7 nitrogen and oxygen atoms in total.